The van der Waals surface area contributed by atoms with Crippen LogP contribution in [-0.2, 0) is 9.22 Å². The van der Waals surface area contributed by atoms with Gasteiger partial charge >= 0.3 is 0 Å². The summed E-state index contributed by atoms with van der Waals surface area (Å²) >= 11 is 0. The molecule has 0 heterocycles. The van der Waals surface area contributed by atoms with E-state index in [1.54, 1.807) is 0 Å². The third-order valence-corrected chi connectivity index (χ3v) is 12.5. The minimum absolute atomic E-state index is 0.157. The van der Waals surface area contributed by atoms with E-state index < -0.39 is 8.32 Å². The van der Waals surface area contributed by atoms with Crippen molar-refractivity contribution in [1.29, 1.82) is 0 Å². The van der Waals surface area contributed by atoms with Gasteiger partial charge in [-0.2, -0.15) is 0 Å². The van der Waals surface area contributed by atoms with E-state index in [-0.39, 0.29) is 21.8 Å². The Morgan fingerprint density at radius 3 is 2.35 bits per heavy atom. The van der Waals surface area contributed by atoms with Gasteiger partial charge < -0.3 is 4.43 Å². The molecule has 2 nitrogen and oxygen atoms in total. The zero-order valence-electron chi connectivity index (χ0n) is 16.5. The van der Waals surface area contributed by atoms with Gasteiger partial charge in [0.1, 0.15) is 5.78 Å². The molecule has 3 rings (SSSR count). The molecule has 3 aliphatic carbocycles. The van der Waals surface area contributed by atoms with Crippen LogP contribution in [0.15, 0.2) is 0 Å². The average Bonchev–Trinajstić information content (AvgIpc) is 2.87. The van der Waals surface area contributed by atoms with Crippen molar-refractivity contribution in [2.45, 2.75) is 85.4 Å². The highest BCUT2D eigenvalue weighted by molar-refractivity contribution is 6.74. The van der Waals surface area contributed by atoms with Gasteiger partial charge in [0.25, 0.3) is 0 Å². The van der Waals surface area contributed by atoms with Crippen LogP contribution in [0.2, 0.25) is 18.1 Å². The summed E-state index contributed by atoms with van der Waals surface area (Å²) in [5.74, 6) is 1.50. The number of hydrogen-bond acceptors (Lipinski definition) is 2. The smallest absolute Gasteiger partial charge is 0.192 e. The van der Waals surface area contributed by atoms with Crippen LogP contribution in [0.4, 0.5) is 0 Å². The Kier molecular flexibility index (Phi) is 3.63. The summed E-state index contributed by atoms with van der Waals surface area (Å²) in [4.78, 5) is 13.1. The molecule has 0 aromatic heterocycles. The fourth-order valence-corrected chi connectivity index (χ4v) is 6.99. The van der Waals surface area contributed by atoms with Crippen LogP contribution in [0.1, 0.15) is 67.2 Å². The molecule has 0 radical (unpaired) electrons. The van der Waals surface area contributed by atoms with Gasteiger partial charge in [0, 0.05) is 12.5 Å². The van der Waals surface area contributed by atoms with Crippen LogP contribution in [0.3, 0.4) is 0 Å². The first-order valence-electron chi connectivity index (χ1n) is 9.43. The highest BCUT2D eigenvalue weighted by Gasteiger charge is 2.71. The van der Waals surface area contributed by atoms with Crippen molar-refractivity contribution in [2.75, 3.05) is 6.61 Å². The predicted molar refractivity (Wildman–Crippen MR) is 97.9 cm³/mol. The Morgan fingerprint density at radius 1 is 1.17 bits per heavy atom. The van der Waals surface area contributed by atoms with Crippen LogP contribution in [0.25, 0.3) is 0 Å². The zero-order valence-corrected chi connectivity index (χ0v) is 17.5. The van der Waals surface area contributed by atoms with Crippen molar-refractivity contribution in [3.63, 3.8) is 0 Å². The van der Waals surface area contributed by atoms with Gasteiger partial charge in [-0.1, -0.05) is 41.5 Å². The van der Waals surface area contributed by atoms with Crippen molar-refractivity contribution in [1.82, 2.24) is 0 Å². The summed E-state index contributed by atoms with van der Waals surface area (Å²) in [6, 6.07) is 0. The summed E-state index contributed by atoms with van der Waals surface area (Å²) in [6.45, 7) is 19.1. The fourth-order valence-electron chi connectivity index (χ4n) is 5.92. The van der Waals surface area contributed by atoms with Gasteiger partial charge in [-0.15, -0.1) is 0 Å². The molecule has 3 saturated carbocycles. The van der Waals surface area contributed by atoms with E-state index in [1.807, 2.05) is 0 Å². The number of hydrogen-bond donors (Lipinski definition) is 0. The highest BCUT2D eigenvalue weighted by atomic mass is 28.4. The van der Waals surface area contributed by atoms with Crippen LogP contribution in [-0.4, -0.2) is 20.7 Å². The number of rotatable bonds is 3. The largest absolute Gasteiger partial charge is 0.416 e. The number of carbonyl (C=O) groups is 1. The van der Waals surface area contributed by atoms with E-state index in [4.69, 9.17) is 4.43 Å². The predicted octanol–water partition coefficient (Wildman–Crippen LogP) is 5.43. The molecule has 23 heavy (non-hydrogen) atoms. The Bertz CT molecular complexity index is 530. The average molecular weight is 337 g/mol. The summed E-state index contributed by atoms with van der Waals surface area (Å²) in [7, 11) is -1.79. The zero-order chi connectivity index (χ0) is 17.5. The van der Waals surface area contributed by atoms with Crippen molar-refractivity contribution >= 4 is 14.1 Å². The number of Topliss-reactive ketones (excluding diaryl/α,β-unsaturated/α-hetero) is 1. The van der Waals surface area contributed by atoms with Crippen molar-refractivity contribution in [2.24, 2.45) is 28.1 Å². The second-order valence-electron chi connectivity index (χ2n) is 11.3. The molecule has 3 heteroatoms. The van der Waals surface area contributed by atoms with Crippen molar-refractivity contribution in [3.05, 3.63) is 0 Å². The van der Waals surface area contributed by atoms with E-state index >= 15 is 0 Å². The summed E-state index contributed by atoms with van der Waals surface area (Å²) in [5, 5.41) is 0.213. The van der Waals surface area contributed by atoms with Crippen molar-refractivity contribution in [3.8, 4) is 0 Å². The molecule has 0 aliphatic heterocycles. The Morgan fingerprint density at radius 2 is 1.78 bits per heavy atom. The Hall–Kier alpha value is -0.153. The molecular formula is C20H36O2Si. The van der Waals surface area contributed by atoms with Gasteiger partial charge in [-0.25, -0.2) is 0 Å². The van der Waals surface area contributed by atoms with E-state index in [9.17, 15) is 4.79 Å². The third-order valence-electron chi connectivity index (χ3n) is 8.02. The van der Waals surface area contributed by atoms with E-state index in [2.05, 4.69) is 54.6 Å². The fraction of sp³-hybridized carbons (Fsp3) is 0.950. The quantitative estimate of drug-likeness (QED) is 0.642. The van der Waals surface area contributed by atoms with Gasteiger partial charge in [0.2, 0.25) is 0 Å². The molecule has 3 aliphatic rings. The molecule has 0 aromatic carbocycles. The maximum Gasteiger partial charge on any atom is 0.192 e. The Balaban J connectivity index is 1.82. The van der Waals surface area contributed by atoms with E-state index in [0.717, 1.165) is 18.8 Å². The maximum absolute atomic E-state index is 13.1. The first-order chi connectivity index (χ1) is 10.2. The van der Waals surface area contributed by atoms with E-state index in [0.29, 0.717) is 17.8 Å². The Labute approximate surface area is 143 Å². The molecule has 0 saturated heterocycles. The first-order valence-corrected chi connectivity index (χ1v) is 12.3. The molecule has 2 bridgehead atoms. The molecule has 0 aromatic rings. The van der Waals surface area contributed by atoms with Gasteiger partial charge in [0.05, 0.1) is 5.41 Å². The first kappa shape index (κ1) is 17.7. The third kappa shape index (κ3) is 2.40. The second-order valence-corrected chi connectivity index (χ2v) is 16.1. The number of carbonyl (C=O) groups excluding carboxylic acids is 1. The number of fused-ring (bicyclic) bond motifs is 1. The molecule has 1 spiro atoms. The molecule has 4 atom stereocenters. The van der Waals surface area contributed by atoms with Gasteiger partial charge in [-0.05, 0) is 60.6 Å². The molecule has 0 unspecified atom stereocenters. The molecule has 3 fully saturated rings. The van der Waals surface area contributed by atoms with Gasteiger partial charge in [0.15, 0.2) is 8.32 Å². The summed E-state index contributed by atoms with van der Waals surface area (Å²) < 4.78 is 6.55. The molecule has 132 valence electrons. The number of ketones is 1. The maximum atomic E-state index is 13.1. The summed E-state index contributed by atoms with van der Waals surface area (Å²) in [5.41, 5.74) is 0.545. The lowest BCUT2D eigenvalue weighted by Crippen LogP contribution is -2.46. The monoisotopic (exact) mass is 336 g/mol. The normalized spacial score (nSPS) is 42.3. The van der Waals surface area contributed by atoms with Gasteiger partial charge in [-0.3, -0.25) is 4.79 Å². The van der Waals surface area contributed by atoms with Crippen LogP contribution in [0, 0.1) is 28.1 Å². The van der Waals surface area contributed by atoms with E-state index in [1.165, 1.54) is 12.8 Å². The lowest BCUT2D eigenvalue weighted by atomic mass is 9.68. The lowest BCUT2D eigenvalue weighted by molar-refractivity contribution is -0.134. The minimum atomic E-state index is -1.79. The molecule has 0 amide bonds. The summed E-state index contributed by atoms with van der Waals surface area (Å²) in [6.07, 6.45) is 4.73. The second kappa shape index (κ2) is 4.72. The minimum Gasteiger partial charge on any atom is -0.416 e. The topological polar surface area (TPSA) is 26.3 Å². The SMILES string of the molecule is C[C@@H]1C(=O)[C@@]2(CO[Si](C)(C)C(C)(C)C)C[C@@H]3CC(C)(C)C[C@]31C2. The molecule has 0 N–H and O–H groups in total. The lowest BCUT2D eigenvalue weighted by Gasteiger charge is -2.40. The highest BCUT2D eigenvalue weighted by Crippen LogP contribution is 2.74. The van der Waals surface area contributed by atoms with Crippen LogP contribution in [0.5, 0.6) is 0 Å². The van der Waals surface area contributed by atoms with Crippen molar-refractivity contribution < 1.29 is 9.22 Å². The van der Waals surface area contributed by atoms with Crippen LogP contribution >= 0.6 is 0 Å². The van der Waals surface area contributed by atoms with Crippen LogP contribution < -0.4 is 0 Å². The molecular weight excluding hydrogens is 300 g/mol. The standard InChI is InChI=1S/C20H36O2Si/c1-14-16(21)19(13-22-23(7,8)17(2,3)4)10-15-9-18(5,6)11-20(14,15)12-19/h14-15H,9-13H2,1-8H3/t14-,15+,19+,20-/m1/s1.